The van der Waals surface area contributed by atoms with Crippen LogP contribution in [0, 0.1) is 17.1 Å². The molecule has 0 N–H and O–H groups in total. The molecule has 0 spiro atoms. The fraction of sp³-hybridized carbons (Fsp3) is 0.378. The van der Waals surface area contributed by atoms with Gasteiger partial charge in [0.1, 0.15) is 5.82 Å². The highest BCUT2D eigenvalue weighted by Crippen LogP contribution is 2.35. The van der Waals surface area contributed by atoms with Gasteiger partial charge in [-0.3, -0.25) is 9.79 Å². The van der Waals surface area contributed by atoms with Crippen molar-refractivity contribution in [2.75, 3.05) is 26.2 Å². The molecule has 1 atom stereocenters. The zero-order valence-corrected chi connectivity index (χ0v) is 26.8. The highest BCUT2D eigenvalue weighted by atomic mass is 19.1. The number of carbonyl (C=O) groups excluding carboxylic acids is 1. The number of rotatable bonds is 10. The van der Waals surface area contributed by atoms with Gasteiger partial charge in [-0.25, -0.2) is 8.78 Å². The van der Waals surface area contributed by atoms with Crippen LogP contribution in [-0.2, 0) is 4.79 Å². The highest BCUT2D eigenvalue weighted by molar-refractivity contribution is 6.15. The maximum atomic E-state index is 15.4. The first-order chi connectivity index (χ1) is 20.9. The maximum absolute atomic E-state index is 15.4. The number of nitrogens with zero attached hydrogens (tertiary/aromatic N) is 4. The van der Waals surface area contributed by atoms with Crippen molar-refractivity contribution in [1.29, 1.82) is 5.26 Å². The minimum absolute atomic E-state index is 0.123. The average molecular weight is 599 g/mol. The summed E-state index contributed by atoms with van der Waals surface area (Å²) >= 11 is 0. The van der Waals surface area contributed by atoms with E-state index in [-0.39, 0.29) is 11.9 Å². The molecule has 1 amide bonds. The Morgan fingerprint density at radius 1 is 1.25 bits per heavy atom. The summed E-state index contributed by atoms with van der Waals surface area (Å²) in [6, 6.07) is 8.80. The highest BCUT2D eigenvalue weighted by Gasteiger charge is 2.36. The largest absolute Gasteiger partial charge is 0.368 e. The third-order valence-corrected chi connectivity index (χ3v) is 7.89. The van der Waals surface area contributed by atoms with Crippen LogP contribution in [0.1, 0.15) is 59.9 Å². The average Bonchev–Trinajstić information content (AvgIpc) is 3.25. The molecule has 232 valence electrons. The fourth-order valence-electron chi connectivity index (χ4n) is 5.62. The van der Waals surface area contributed by atoms with Crippen LogP contribution in [0.25, 0.3) is 5.57 Å². The van der Waals surface area contributed by atoms with E-state index >= 15 is 4.39 Å². The standard InChI is InChI=1S/C37H44F2N4O/c1-8-10-19-41-34(22-26(3)30-16-12-11-15-29(23-30)24-40)35(31(9-2)32-17-13-14-18-33(32)38)28(5)43-21-20-42(25-27(43)4)36(44)37(6,7)39/h8-15,17-18,23,27H,3,16,19-22,25H2,1-2,4-7H3/b10-8-,31-9-,35-28+,41-34?. The zero-order chi connectivity index (χ0) is 32.4. The van der Waals surface area contributed by atoms with Gasteiger partial charge in [0.05, 0.1) is 18.2 Å². The van der Waals surface area contributed by atoms with Gasteiger partial charge in [0.2, 0.25) is 0 Å². The van der Waals surface area contributed by atoms with Crippen molar-refractivity contribution < 1.29 is 13.6 Å². The minimum atomic E-state index is -1.95. The summed E-state index contributed by atoms with van der Waals surface area (Å²) in [7, 11) is 0. The molecule has 44 heavy (non-hydrogen) atoms. The molecule has 1 aromatic rings. The van der Waals surface area contributed by atoms with Crippen LogP contribution in [-0.4, -0.2) is 59.3 Å². The molecule has 1 aliphatic heterocycles. The van der Waals surface area contributed by atoms with Gasteiger partial charge in [-0.1, -0.05) is 55.2 Å². The van der Waals surface area contributed by atoms with Gasteiger partial charge < -0.3 is 9.80 Å². The molecule has 7 heteroatoms. The second-order valence-electron chi connectivity index (χ2n) is 11.6. The lowest BCUT2D eigenvalue weighted by molar-refractivity contribution is -0.144. The quantitative estimate of drug-likeness (QED) is 0.155. The van der Waals surface area contributed by atoms with Gasteiger partial charge in [0, 0.05) is 54.6 Å². The van der Waals surface area contributed by atoms with Crippen LogP contribution in [0.15, 0.2) is 106 Å². The van der Waals surface area contributed by atoms with Crippen LogP contribution in [0.5, 0.6) is 0 Å². The minimum Gasteiger partial charge on any atom is -0.368 e. The van der Waals surface area contributed by atoms with Crippen molar-refractivity contribution >= 4 is 17.2 Å². The summed E-state index contributed by atoms with van der Waals surface area (Å²) < 4.78 is 29.9. The van der Waals surface area contributed by atoms with Crippen molar-refractivity contribution in [3.63, 3.8) is 0 Å². The Morgan fingerprint density at radius 3 is 2.59 bits per heavy atom. The third-order valence-electron chi connectivity index (χ3n) is 7.89. The number of alkyl halides is 1. The first kappa shape index (κ1) is 34.2. The molecule has 0 radical (unpaired) electrons. The van der Waals surface area contributed by atoms with E-state index in [9.17, 15) is 14.4 Å². The summed E-state index contributed by atoms with van der Waals surface area (Å²) in [4.78, 5) is 21.6. The normalized spacial score (nSPS) is 18.8. The van der Waals surface area contributed by atoms with Crippen LogP contribution < -0.4 is 0 Å². The topological polar surface area (TPSA) is 59.7 Å². The van der Waals surface area contributed by atoms with Crippen molar-refractivity contribution in [3.05, 3.63) is 113 Å². The Balaban J connectivity index is 2.17. The van der Waals surface area contributed by atoms with Crippen LogP contribution in [0.3, 0.4) is 0 Å². The summed E-state index contributed by atoms with van der Waals surface area (Å²) in [5.74, 6) is -0.862. The van der Waals surface area contributed by atoms with Gasteiger partial charge in [0.15, 0.2) is 5.67 Å². The van der Waals surface area contributed by atoms with Crippen molar-refractivity contribution in [2.24, 2.45) is 4.99 Å². The van der Waals surface area contributed by atoms with E-state index in [1.165, 1.54) is 19.9 Å². The van der Waals surface area contributed by atoms with Gasteiger partial charge in [0.25, 0.3) is 5.91 Å². The SMILES string of the molecule is C=C(CC(=NC/C=C\C)C(/C(=C\C)c1ccccc1F)=C(\C)N1CCN(C(=O)C(C)(C)F)CC1C)C1=CC(C#N)=CC=CC1. The van der Waals surface area contributed by atoms with Gasteiger partial charge in [-0.15, -0.1) is 0 Å². The Bertz CT molecular complexity index is 1510. The van der Waals surface area contributed by atoms with Crippen molar-refractivity contribution in [3.8, 4) is 6.07 Å². The van der Waals surface area contributed by atoms with E-state index in [0.29, 0.717) is 55.7 Å². The lowest BCUT2D eigenvalue weighted by Crippen LogP contribution is -2.56. The predicted molar refractivity (Wildman–Crippen MR) is 177 cm³/mol. The summed E-state index contributed by atoms with van der Waals surface area (Å²) in [5, 5.41) is 9.57. The number of piperazine rings is 1. The number of benzene rings is 1. The summed E-state index contributed by atoms with van der Waals surface area (Å²) in [6.45, 7) is 16.5. The summed E-state index contributed by atoms with van der Waals surface area (Å²) in [6.07, 6.45) is 14.3. The monoisotopic (exact) mass is 598 g/mol. The summed E-state index contributed by atoms with van der Waals surface area (Å²) in [5.41, 5.74) is 3.94. The Morgan fingerprint density at radius 2 is 1.98 bits per heavy atom. The van der Waals surface area contributed by atoms with Gasteiger partial charge in [-0.05, 0) is 82.9 Å². The number of nitriles is 1. The molecule has 2 aliphatic rings. The van der Waals surface area contributed by atoms with E-state index in [1.807, 2.05) is 70.2 Å². The molecular formula is C37H44F2N4O. The maximum Gasteiger partial charge on any atom is 0.259 e. The molecule has 1 fully saturated rings. The molecule has 1 heterocycles. The Hall–Kier alpha value is -4.31. The second-order valence-corrected chi connectivity index (χ2v) is 11.6. The number of hydrogen-bond acceptors (Lipinski definition) is 4. The molecule has 0 aromatic heterocycles. The van der Waals surface area contributed by atoms with E-state index in [0.717, 1.165) is 28.1 Å². The number of allylic oxidation sites excluding steroid dienone is 12. The van der Waals surface area contributed by atoms with E-state index in [2.05, 4.69) is 17.5 Å². The Labute approximate surface area is 261 Å². The predicted octanol–water partition coefficient (Wildman–Crippen LogP) is 8.08. The molecule has 1 aromatic carbocycles. The number of aliphatic imine (C=N–C) groups is 1. The van der Waals surface area contributed by atoms with E-state index in [4.69, 9.17) is 4.99 Å². The fourth-order valence-corrected chi connectivity index (χ4v) is 5.62. The lowest BCUT2D eigenvalue weighted by Gasteiger charge is -2.43. The van der Waals surface area contributed by atoms with Crippen LogP contribution in [0.4, 0.5) is 8.78 Å². The number of carbonyl (C=O) groups is 1. The lowest BCUT2D eigenvalue weighted by atomic mass is 9.87. The zero-order valence-electron chi connectivity index (χ0n) is 26.8. The number of amides is 1. The number of hydrogen-bond donors (Lipinski definition) is 0. The Kier molecular flexibility index (Phi) is 12.0. The first-order valence-electron chi connectivity index (χ1n) is 15.1. The third kappa shape index (κ3) is 8.41. The van der Waals surface area contributed by atoms with E-state index < -0.39 is 11.6 Å². The molecule has 1 saturated heterocycles. The molecule has 5 nitrogen and oxygen atoms in total. The van der Waals surface area contributed by atoms with E-state index in [1.54, 1.807) is 23.1 Å². The van der Waals surface area contributed by atoms with Gasteiger partial charge >= 0.3 is 0 Å². The number of halogens is 2. The van der Waals surface area contributed by atoms with Gasteiger partial charge in [-0.2, -0.15) is 5.26 Å². The second kappa shape index (κ2) is 15.4. The van der Waals surface area contributed by atoms with Crippen molar-refractivity contribution in [2.45, 2.75) is 66.1 Å². The van der Waals surface area contributed by atoms with Crippen LogP contribution in [0.2, 0.25) is 0 Å². The molecular weight excluding hydrogens is 554 g/mol. The van der Waals surface area contributed by atoms with Crippen molar-refractivity contribution in [1.82, 2.24) is 9.80 Å². The first-order valence-corrected chi connectivity index (χ1v) is 15.1. The molecule has 1 unspecified atom stereocenters. The molecule has 1 aliphatic carbocycles. The molecule has 0 saturated carbocycles. The molecule has 0 bridgehead atoms. The molecule has 3 rings (SSSR count). The van der Waals surface area contributed by atoms with Crippen LogP contribution >= 0.6 is 0 Å². The smallest absolute Gasteiger partial charge is 0.259 e.